The first kappa shape index (κ1) is 18.4. The molecule has 0 bridgehead atoms. The zero-order valence-electron chi connectivity index (χ0n) is 15.5. The molecule has 1 atom stereocenters. The van der Waals surface area contributed by atoms with Crippen LogP contribution < -0.4 is 10.1 Å². The number of aromatic nitrogens is 2. The van der Waals surface area contributed by atoms with Crippen LogP contribution in [-0.2, 0) is 6.54 Å². The summed E-state index contributed by atoms with van der Waals surface area (Å²) in [6.45, 7) is 6.03. The van der Waals surface area contributed by atoms with Gasteiger partial charge in [-0.25, -0.2) is 4.68 Å². The van der Waals surface area contributed by atoms with Gasteiger partial charge in [0.05, 0.1) is 18.9 Å². The number of rotatable bonds is 5. The average molecular weight is 393 g/mol. The van der Waals surface area contributed by atoms with Gasteiger partial charge in [0.2, 0.25) is 5.88 Å². The summed E-state index contributed by atoms with van der Waals surface area (Å²) in [7, 11) is 0. The highest BCUT2D eigenvalue weighted by molar-refractivity contribution is 6.34. The van der Waals surface area contributed by atoms with Gasteiger partial charge < -0.3 is 14.5 Å². The number of fused-ring (bicyclic) bond motifs is 1. The van der Waals surface area contributed by atoms with Crippen molar-refractivity contribution in [2.75, 3.05) is 26.2 Å². The summed E-state index contributed by atoms with van der Waals surface area (Å²) in [5, 5.41) is 7.60. The smallest absolute Gasteiger partial charge is 0.273 e. The Morgan fingerprint density at radius 2 is 2.22 bits per heavy atom. The molecule has 0 radical (unpaired) electrons. The fourth-order valence-electron chi connectivity index (χ4n) is 3.75. The van der Waals surface area contributed by atoms with Crippen LogP contribution in [0.25, 0.3) is 0 Å². The van der Waals surface area contributed by atoms with Crippen LogP contribution in [0.5, 0.6) is 5.88 Å². The zero-order valence-corrected chi connectivity index (χ0v) is 16.2. The van der Waals surface area contributed by atoms with E-state index in [-0.39, 0.29) is 22.7 Å². The minimum absolute atomic E-state index is 0.00344. The SMILES string of the molecule is CC1CCN(C(CNC(=O)c2nn3c(c2Cl)OCCC3)c2ccco2)CC1. The molecule has 7 nitrogen and oxygen atoms in total. The predicted octanol–water partition coefficient (Wildman–Crippen LogP) is 3.12. The van der Waals surface area contributed by atoms with Crippen molar-refractivity contribution >= 4 is 17.5 Å². The largest absolute Gasteiger partial charge is 0.477 e. The number of ether oxygens (including phenoxy) is 1. The average Bonchev–Trinajstić information content (AvgIpc) is 3.32. The highest BCUT2D eigenvalue weighted by atomic mass is 35.5. The number of halogens is 1. The number of piperidine rings is 1. The van der Waals surface area contributed by atoms with Crippen molar-refractivity contribution in [2.45, 2.75) is 38.8 Å². The number of furan rings is 1. The lowest BCUT2D eigenvalue weighted by Gasteiger charge is -2.35. The third-order valence-corrected chi connectivity index (χ3v) is 5.75. The van der Waals surface area contributed by atoms with Gasteiger partial charge in [-0.3, -0.25) is 9.69 Å². The van der Waals surface area contributed by atoms with Crippen molar-refractivity contribution in [3.05, 3.63) is 34.9 Å². The molecule has 1 saturated heterocycles. The Hall–Kier alpha value is -1.99. The first-order valence-electron chi connectivity index (χ1n) is 9.58. The first-order chi connectivity index (χ1) is 13.1. The molecule has 2 aliphatic rings. The Kier molecular flexibility index (Phi) is 5.41. The molecule has 2 aliphatic heterocycles. The summed E-state index contributed by atoms with van der Waals surface area (Å²) in [5.74, 6) is 1.81. The number of hydrogen-bond donors (Lipinski definition) is 1. The maximum Gasteiger partial charge on any atom is 0.273 e. The molecule has 8 heteroatoms. The van der Waals surface area contributed by atoms with Gasteiger partial charge in [-0.05, 0) is 44.0 Å². The molecule has 1 unspecified atom stereocenters. The van der Waals surface area contributed by atoms with Crippen molar-refractivity contribution in [3.63, 3.8) is 0 Å². The van der Waals surface area contributed by atoms with Crippen LogP contribution in [0, 0.1) is 5.92 Å². The molecule has 0 saturated carbocycles. The Morgan fingerprint density at radius 3 is 2.93 bits per heavy atom. The molecule has 1 amide bonds. The Balaban J connectivity index is 1.46. The fourth-order valence-corrected chi connectivity index (χ4v) is 4.02. The molecular weight excluding hydrogens is 368 g/mol. The van der Waals surface area contributed by atoms with E-state index in [4.69, 9.17) is 20.8 Å². The van der Waals surface area contributed by atoms with E-state index in [1.807, 2.05) is 12.1 Å². The summed E-state index contributed by atoms with van der Waals surface area (Å²) in [4.78, 5) is 15.1. The number of likely N-dealkylation sites (tertiary alicyclic amines) is 1. The van der Waals surface area contributed by atoms with Gasteiger partial charge in [-0.15, -0.1) is 0 Å². The van der Waals surface area contributed by atoms with Crippen LogP contribution in [-0.4, -0.2) is 46.8 Å². The third kappa shape index (κ3) is 3.84. The second-order valence-corrected chi connectivity index (χ2v) is 7.73. The maximum absolute atomic E-state index is 12.7. The third-order valence-electron chi connectivity index (χ3n) is 5.41. The minimum atomic E-state index is -0.285. The molecular formula is C19H25ClN4O3. The predicted molar refractivity (Wildman–Crippen MR) is 101 cm³/mol. The number of carbonyl (C=O) groups is 1. The van der Waals surface area contributed by atoms with Crippen molar-refractivity contribution in [1.82, 2.24) is 20.0 Å². The Labute approximate surface area is 163 Å². The fraction of sp³-hybridized carbons (Fsp3) is 0.579. The lowest BCUT2D eigenvalue weighted by atomic mass is 9.97. The van der Waals surface area contributed by atoms with Crippen LogP contribution in [0.1, 0.15) is 48.5 Å². The van der Waals surface area contributed by atoms with Crippen LogP contribution in [0.15, 0.2) is 22.8 Å². The minimum Gasteiger partial charge on any atom is -0.477 e. The van der Waals surface area contributed by atoms with Crippen LogP contribution in [0.3, 0.4) is 0 Å². The number of aryl methyl sites for hydroxylation is 1. The van der Waals surface area contributed by atoms with Crippen molar-refractivity contribution in [2.24, 2.45) is 5.92 Å². The van der Waals surface area contributed by atoms with E-state index in [1.54, 1.807) is 10.9 Å². The van der Waals surface area contributed by atoms with E-state index in [2.05, 4.69) is 22.2 Å². The first-order valence-corrected chi connectivity index (χ1v) is 9.96. The summed E-state index contributed by atoms with van der Waals surface area (Å²) < 4.78 is 12.8. The molecule has 1 N–H and O–H groups in total. The molecule has 2 aromatic rings. The van der Waals surface area contributed by atoms with Crippen molar-refractivity contribution in [3.8, 4) is 5.88 Å². The van der Waals surface area contributed by atoms with Gasteiger partial charge in [0.15, 0.2) is 5.69 Å². The lowest BCUT2D eigenvalue weighted by Crippen LogP contribution is -2.42. The molecule has 0 aromatic carbocycles. The van der Waals surface area contributed by atoms with E-state index in [0.717, 1.165) is 44.0 Å². The standard InChI is InChI=1S/C19H25ClN4O3/c1-13-5-8-23(9-6-13)14(15-4-2-10-26-15)12-21-18(25)17-16(20)19-24(22-17)7-3-11-27-19/h2,4,10,13-14H,3,5-9,11-12H2,1H3,(H,21,25). The number of hydrogen-bond acceptors (Lipinski definition) is 5. The molecule has 4 rings (SSSR count). The van der Waals surface area contributed by atoms with E-state index < -0.39 is 0 Å². The highest BCUT2D eigenvalue weighted by Crippen LogP contribution is 2.31. The van der Waals surface area contributed by atoms with E-state index in [9.17, 15) is 4.79 Å². The quantitative estimate of drug-likeness (QED) is 0.846. The van der Waals surface area contributed by atoms with E-state index in [0.29, 0.717) is 25.6 Å². The van der Waals surface area contributed by atoms with Crippen LogP contribution in [0.2, 0.25) is 5.02 Å². The summed E-state index contributed by atoms with van der Waals surface area (Å²) in [6.07, 6.45) is 4.85. The van der Waals surface area contributed by atoms with Gasteiger partial charge in [-0.2, -0.15) is 5.10 Å². The summed E-state index contributed by atoms with van der Waals surface area (Å²) in [5.41, 5.74) is 0.221. The second kappa shape index (κ2) is 7.94. The molecule has 4 heterocycles. The molecule has 146 valence electrons. The number of nitrogens with zero attached hydrogens (tertiary/aromatic N) is 3. The van der Waals surface area contributed by atoms with Gasteiger partial charge in [0.25, 0.3) is 5.91 Å². The van der Waals surface area contributed by atoms with Gasteiger partial charge in [-0.1, -0.05) is 18.5 Å². The molecule has 1 fully saturated rings. The number of nitrogens with one attached hydrogen (secondary N) is 1. The second-order valence-electron chi connectivity index (χ2n) is 7.35. The number of carbonyl (C=O) groups excluding carboxylic acids is 1. The molecule has 27 heavy (non-hydrogen) atoms. The molecule has 0 aliphatic carbocycles. The van der Waals surface area contributed by atoms with Gasteiger partial charge in [0, 0.05) is 19.5 Å². The highest BCUT2D eigenvalue weighted by Gasteiger charge is 2.29. The Morgan fingerprint density at radius 1 is 1.41 bits per heavy atom. The Bertz CT molecular complexity index is 781. The number of amides is 1. The van der Waals surface area contributed by atoms with Crippen LogP contribution >= 0.6 is 11.6 Å². The zero-order chi connectivity index (χ0) is 18.8. The van der Waals surface area contributed by atoms with Crippen molar-refractivity contribution in [1.29, 1.82) is 0 Å². The normalized spacial score (nSPS) is 19.3. The monoisotopic (exact) mass is 392 g/mol. The van der Waals surface area contributed by atoms with Crippen molar-refractivity contribution < 1.29 is 13.9 Å². The molecule has 0 spiro atoms. The van der Waals surface area contributed by atoms with Crippen LogP contribution in [0.4, 0.5) is 0 Å². The summed E-state index contributed by atoms with van der Waals surface area (Å²) >= 11 is 6.32. The lowest BCUT2D eigenvalue weighted by molar-refractivity contribution is 0.0890. The van der Waals surface area contributed by atoms with E-state index >= 15 is 0 Å². The van der Waals surface area contributed by atoms with Gasteiger partial charge >= 0.3 is 0 Å². The van der Waals surface area contributed by atoms with Gasteiger partial charge in [0.1, 0.15) is 10.8 Å². The van der Waals surface area contributed by atoms with E-state index in [1.165, 1.54) is 0 Å². The summed E-state index contributed by atoms with van der Waals surface area (Å²) in [6, 6.07) is 3.85. The molecule has 2 aromatic heterocycles. The maximum atomic E-state index is 12.7. The topological polar surface area (TPSA) is 72.5 Å².